The lowest BCUT2D eigenvalue weighted by atomic mass is 10.1. The minimum absolute atomic E-state index is 0.765. The highest BCUT2D eigenvalue weighted by atomic mass is 15.4. The van der Waals surface area contributed by atoms with Crippen molar-refractivity contribution in [2.75, 3.05) is 6.54 Å². The smallest absolute Gasteiger partial charge is 0.0692 e. The van der Waals surface area contributed by atoms with Crippen molar-refractivity contribution in [2.45, 2.75) is 51.6 Å². The summed E-state index contributed by atoms with van der Waals surface area (Å²) in [5.41, 5.74) is 0. The number of aryl methyl sites for hydroxylation is 1. The average molecular weight is 222 g/mol. The summed E-state index contributed by atoms with van der Waals surface area (Å²) in [6.45, 7) is 4.37. The van der Waals surface area contributed by atoms with Gasteiger partial charge in [-0.2, -0.15) is 0 Å². The van der Waals surface area contributed by atoms with Gasteiger partial charge in [-0.05, 0) is 38.1 Å². The summed E-state index contributed by atoms with van der Waals surface area (Å²) < 4.78 is 1.89. The molecular weight excluding hydrogens is 200 g/mol. The quantitative estimate of drug-likeness (QED) is 0.747. The lowest BCUT2D eigenvalue weighted by molar-refractivity contribution is 0.456. The third-order valence-corrected chi connectivity index (χ3v) is 3.59. The van der Waals surface area contributed by atoms with Crippen LogP contribution in [0, 0.1) is 5.92 Å². The van der Waals surface area contributed by atoms with Crippen LogP contribution in [0.3, 0.4) is 0 Å². The number of hydrogen-bond acceptors (Lipinski definition) is 3. The molecule has 1 saturated carbocycles. The van der Waals surface area contributed by atoms with Crippen LogP contribution >= 0.6 is 0 Å². The van der Waals surface area contributed by atoms with Gasteiger partial charge in [-0.25, -0.2) is 0 Å². The van der Waals surface area contributed by atoms with Crippen LogP contribution in [-0.2, 0) is 6.54 Å². The van der Waals surface area contributed by atoms with Gasteiger partial charge in [0.1, 0.15) is 0 Å². The Morgan fingerprint density at radius 3 is 3.06 bits per heavy atom. The molecular formula is C12H22N4. The predicted octanol–water partition coefficient (Wildman–Crippen LogP) is 1.84. The van der Waals surface area contributed by atoms with Crippen molar-refractivity contribution >= 4 is 0 Å². The van der Waals surface area contributed by atoms with Gasteiger partial charge in [0.05, 0.1) is 6.20 Å². The summed E-state index contributed by atoms with van der Waals surface area (Å²) in [4.78, 5) is 0. The highest BCUT2D eigenvalue weighted by Gasteiger charge is 2.22. The van der Waals surface area contributed by atoms with Crippen molar-refractivity contribution in [3.8, 4) is 0 Å². The van der Waals surface area contributed by atoms with E-state index < -0.39 is 0 Å². The van der Waals surface area contributed by atoms with E-state index in [-0.39, 0.29) is 0 Å². The van der Waals surface area contributed by atoms with E-state index in [9.17, 15) is 0 Å². The second-order valence-corrected chi connectivity index (χ2v) is 4.76. The van der Waals surface area contributed by atoms with E-state index in [1.165, 1.54) is 25.7 Å². The SMILES string of the molecule is CCC1CCC(NCCCn2ccnn2)C1. The summed E-state index contributed by atoms with van der Waals surface area (Å²) in [5.74, 6) is 0.966. The molecule has 1 fully saturated rings. The Kier molecular flexibility index (Phi) is 4.34. The molecule has 2 unspecified atom stereocenters. The molecule has 0 radical (unpaired) electrons. The van der Waals surface area contributed by atoms with Gasteiger partial charge in [0.25, 0.3) is 0 Å². The fourth-order valence-electron chi connectivity index (χ4n) is 2.53. The Morgan fingerprint density at radius 1 is 1.44 bits per heavy atom. The van der Waals surface area contributed by atoms with Gasteiger partial charge in [-0.3, -0.25) is 4.68 Å². The topological polar surface area (TPSA) is 42.7 Å². The van der Waals surface area contributed by atoms with Crippen LogP contribution in [0.25, 0.3) is 0 Å². The number of hydrogen-bond donors (Lipinski definition) is 1. The molecule has 1 heterocycles. The van der Waals surface area contributed by atoms with E-state index in [2.05, 4.69) is 22.6 Å². The standard InChI is InChI=1S/C12H22N4/c1-2-11-4-5-12(10-11)13-6-3-8-16-9-7-14-15-16/h7,9,11-13H,2-6,8,10H2,1H3. The molecule has 1 aromatic rings. The monoisotopic (exact) mass is 222 g/mol. The molecule has 90 valence electrons. The molecule has 1 aliphatic rings. The lowest BCUT2D eigenvalue weighted by Crippen LogP contribution is -2.28. The van der Waals surface area contributed by atoms with E-state index in [4.69, 9.17) is 0 Å². The molecule has 0 amide bonds. The fourth-order valence-corrected chi connectivity index (χ4v) is 2.53. The van der Waals surface area contributed by atoms with Gasteiger partial charge < -0.3 is 5.32 Å². The van der Waals surface area contributed by atoms with Gasteiger partial charge >= 0.3 is 0 Å². The molecule has 2 rings (SSSR count). The fraction of sp³-hybridized carbons (Fsp3) is 0.833. The maximum absolute atomic E-state index is 3.95. The molecule has 4 heteroatoms. The Hall–Kier alpha value is -0.900. The van der Waals surface area contributed by atoms with Crippen molar-refractivity contribution in [3.05, 3.63) is 12.4 Å². The first-order valence-corrected chi connectivity index (χ1v) is 6.46. The molecule has 0 aliphatic heterocycles. The number of nitrogens with one attached hydrogen (secondary N) is 1. The van der Waals surface area contributed by atoms with Gasteiger partial charge in [0, 0.05) is 18.8 Å². The Bertz CT molecular complexity index is 283. The second-order valence-electron chi connectivity index (χ2n) is 4.76. The molecule has 16 heavy (non-hydrogen) atoms. The maximum atomic E-state index is 3.95. The van der Waals surface area contributed by atoms with Gasteiger partial charge in [-0.15, -0.1) is 5.10 Å². The largest absolute Gasteiger partial charge is 0.314 e. The lowest BCUT2D eigenvalue weighted by Gasteiger charge is -2.12. The molecule has 1 aliphatic carbocycles. The number of aromatic nitrogens is 3. The minimum atomic E-state index is 0.765. The second kappa shape index (κ2) is 5.99. The summed E-state index contributed by atoms with van der Waals surface area (Å²) >= 11 is 0. The van der Waals surface area contributed by atoms with E-state index in [1.54, 1.807) is 6.20 Å². The zero-order valence-corrected chi connectivity index (χ0v) is 10.1. The zero-order chi connectivity index (χ0) is 11.2. The maximum Gasteiger partial charge on any atom is 0.0692 e. The average Bonchev–Trinajstić information content (AvgIpc) is 2.95. The zero-order valence-electron chi connectivity index (χ0n) is 10.1. The Labute approximate surface area is 97.4 Å². The first-order chi connectivity index (χ1) is 7.88. The van der Waals surface area contributed by atoms with Crippen molar-refractivity contribution in [2.24, 2.45) is 5.92 Å². The summed E-state index contributed by atoms with van der Waals surface area (Å²) in [6.07, 6.45) is 10.3. The van der Waals surface area contributed by atoms with Crippen LogP contribution in [-0.4, -0.2) is 27.6 Å². The third-order valence-electron chi connectivity index (χ3n) is 3.59. The summed E-state index contributed by atoms with van der Waals surface area (Å²) in [7, 11) is 0. The normalized spacial score (nSPS) is 25.1. The molecule has 0 spiro atoms. The molecule has 0 aromatic carbocycles. The Morgan fingerprint density at radius 2 is 2.38 bits per heavy atom. The van der Waals surface area contributed by atoms with Crippen molar-refractivity contribution in [1.29, 1.82) is 0 Å². The number of nitrogens with zero attached hydrogens (tertiary/aromatic N) is 3. The van der Waals surface area contributed by atoms with Crippen LogP contribution in [0.1, 0.15) is 39.0 Å². The number of rotatable bonds is 6. The van der Waals surface area contributed by atoms with Gasteiger partial charge in [-0.1, -0.05) is 18.6 Å². The molecule has 1 N–H and O–H groups in total. The highest BCUT2D eigenvalue weighted by Crippen LogP contribution is 2.27. The van der Waals surface area contributed by atoms with E-state index in [1.807, 2.05) is 10.9 Å². The van der Waals surface area contributed by atoms with E-state index in [0.29, 0.717) is 0 Å². The Balaban J connectivity index is 1.55. The predicted molar refractivity (Wildman–Crippen MR) is 64.1 cm³/mol. The van der Waals surface area contributed by atoms with E-state index >= 15 is 0 Å². The minimum Gasteiger partial charge on any atom is -0.314 e. The van der Waals surface area contributed by atoms with Crippen molar-refractivity contribution < 1.29 is 0 Å². The van der Waals surface area contributed by atoms with Crippen LogP contribution in [0.2, 0.25) is 0 Å². The highest BCUT2D eigenvalue weighted by molar-refractivity contribution is 4.79. The molecule has 0 saturated heterocycles. The van der Waals surface area contributed by atoms with Crippen LogP contribution in [0.4, 0.5) is 0 Å². The van der Waals surface area contributed by atoms with Crippen LogP contribution in [0.5, 0.6) is 0 Å². The molecule has 4 nitrogen and oxygen atoms in total. The van der Waals surface area contributed by atoms with Crippen LogP contribution < -0.4 is 5.32 Å². The van der Waals surface area contributed by atoms with Gasteiger partial charge in [0.2, 0.25) is 0 Å². The molecule has 0 bridgehead atoms. The van der Waals surface area contributed by atoms with Gasteiger partial charge in [0.15, 0.2) is 0 Å². The molecule has 2 atom stereocenters. The summed E-state index contributed by atoms with van der Waals surface area (Å²) in [6, 6.07) is 0.765. The van der Waals surface area contributed by atoms with Crippen molar-refractivity contribution in [3.63, 3.8) is 0 Å². The first kappa shape index (κ1) is 11.6. The first-order valence-electron chi connectivity index (χ1n) is 6.46. The van der Waals surface area contributed by atoms with Crippen LogP contribution in [0.15, 0.2) is 12.4 Å². The molecule has 1 aromatic heterocycles. The van der Waals surface area contributed by atoms with E-state index in [0.717, 1.165) is 31.5 Å². The third kappa shape index (κ3) is 3.30. The summed E-state index contributed by atoms with van der Waals surface area (Å²) in [5, 5.41) is 11.4. The van der Waals surface area contributed by atoms with Crippen molar-refractivity contribution in [1.82, 2.24) is 20.3 Å².